The average Bonchev–Trinajstić information content (AvgIpc) is 2.90. The van der Waals surface area contributed by atoms with Gasteiger partial charge in [-0.05, 0) is 39.0 Å². The Morgan fingerprint density at radius 1 is 1.07 bits per heavy atom. The first-order chi connectivity index (χ1) is 13.3. The van der Waals surface area contributed by atoms with Crippen molar-refractivity contribution < 1.29 is 4.74 Å². The second-order valence-corrected chi connectivity index (χ2v) is 7.11. The first-order valence-corrected chi connectivity index (χ1v) is 10.9. The molecule has 0 unspecified atom stereocenters. The highest BCUT2D eigenvalue weighted by Crippen LogP contribution is 2.15. The molecule has 7 nitrogen and oxygen atoms in total. The molecule has 0 radical (unpaired) electrons. The fraction of sp³-hybridized carbons (Fsp3) is 0.850. The lowest BCUT2D eigenvalue weighted by Gasteiger charge is -2.11. The van der Waals surface area contributed by atoms with Crippen LogP contribution in [0.15, 0.2) is 4.99 Å². The molecule has 0 aromatic carbocycles. The molecule has 27 heavy (non-hydrogen) atoms. The summed E-state index contributed by atoms with van der Waals surface area (Å²) in [5.41, 5.74) is 0. The highest BCUT2D eigenvalue weighted by molar-refractivity contribution is 5.79. The number of guanidine groups is 1. The summed E-state index contributed by atoms with van der Waals surface area (Å²) < 4.78 is 7.93. The van der Waals surface area contributed by atoms with Gasteiger partial charge in [-0.25, -0.2) is 0 Å². The number of fused-ring (bicyclic) bond motifs is 1. The number of nitrogens with one attached hydrogen (secondary N) is 2. The second kappa shape index (κ2) is 13.5. The number of aliphatic imine (C=N–C) groups is 1. The van der Waals surface area contributed by atoms with Crippen LogP contribution in [-0.4, -0.2) is 53.6 Å². The van der Waals surface area contributed by atoms with E-state index in [1.807, 2.05) is 0 Å². The molecule has 7 heteroatoms. The number of aromatic nitrogens is 3. The van der Waals surface area contributed by atoms with E-state index in [1.165, 1.54) is 31.5 Å². The number of hydrogen-bond donors (Lipinski definition) is 2. The molecule has 0 aliphatic carbocycles. The summed E-state index contributed by atoms with van der Waals surface area (Å²) in [5, 5.41) is 15.5. The van der Waals surface area contributed by atoms with Crippen LogP contribution in [0.3, 0.4) is 0 Å². The van der Waals surface area contributed by atoms with E-state index in [-0.39, 0.29) is 0 Å². The summed E-state index contributed by atoms with van der Waals surface area (Å²) in [6.07, 6.45) is 10.1. The summed E-state index contributed by atoms with van der Waals surface area (Å²) in [6, 6.07) is 0. The fourth-order valence-electron chi connectivity index (χ4n) is 3.23. The lowest BCUT2D eigenvalue weighted by atomic mass is 10.2. The van der Waals surface area contributed by atoms with Crippen LogP contribution < -0.4 is 10.6 Å². The predicted molar refractivity (Wildman–Crippen MR) is 110 cm³/mol. The number of aryl methyl sites for hydroxylation is 2. The van der Waals surface area contributed by atoms with Crippen molar-refractivity contribution in [3.8, 4) is 0 Å². The van der Waals surface area contributed by atoms with Crippen LogP contribution in [0.4, 0.5) is 0 Å². The number of rotatable bonds is 12. The summed E-state index contributed by atoms with van der Waals surface area (Å²) in [5.74, 6) is 3.19. The van der Waals surface area contributed by atoms with Gasteiger partial charge in [-0.1, -0.05) is 19.8 Å². The molecule has 0 saturated heterocycles. The maximum absolute atomic E-state index is 5.59. The van der Waals surface area contributed by atoms with Crippen molar-refractivity contribution in [2.45, 2.75) is 78.2 Å². The zero-order valence-corrected chi connectivity index (χ0v) is 17.3. The van der Waals surface area contributed by atoms with Crippen molar-refractivity contribution in [2.24, 2.45) is 4.99 Å². The minimum Gasteiger partial charge on any atom is -0.381 e. The lowest BCUT2D eigenvalue weighted by Crippen LogP contribution is -2.38. The van der Waals surface area contributed by atoms with Gasteiger partial charge in [0, 0.05) is 52.2 Å². The summed E-state index contributed by atoms with van der Waals surface area (Å²) in [7, 11) is 0. The first-order valence-electron chi connectivity index (χ1n) is 10.9. The maximum atomic E-state index is 5.59. The molecule has 1 aliphatic heterocycles. The quantitative estimate of drug-likeness (QED) is 0.332. The fourth-order valence-corrected chi connectivity index (χ4v) is 3.23. The Balaban J connectivity index is 1.66. The van der Waals surface area contributed by atoms with Crippen molar-refractivity contribution in [3.63, 3.8) is 0 Å². The van der Waals surface area contributed by atoms with E-state index >= 15 is 0 Å². The summed E-state index contributed by atoms with van der Waals surface area (Å²) in [4.78, 5) is 4.69. The van der Waals surface area contributed by atoms with Crippen molar-refractivity contribution in [1.29, 1.82) is 0 Å². The normalized spacial score (nSPS) is 14.7. The maximum Gasteiger partial charge on any atom is 0.191 e. The number of hydrogen-bond acceptors (Lipinski definition) is 4. The second-order valence-electron chi connectivity index (χ2n) is 7.11. The molecule has 0 spiro atoms. The van der Waals surface area contributed by atoms with Crippen LogP contribution in [-0.2, 0) is 24.1 Å². The van der Waals surface area contributed by atoms with Gasteiger partial charge in [0.05, 0.1) is 0 Å². The molecular weight excluding hydrogens is 340 g/mol. The van der Waals surface area contributed by atoms with Crippen LogP contribution in [0.1, 0.15) is 70.4 Å². The number of nitrogens with zero attached hydrogens (tertiary/aromatic N) is 4. The molecule has 1 aliphatic rings. The van der Waals surface area contributed by atoms with Gasteiger partial charge in [0.15, 0.2) is 5.96 Å². The number of unbranched alkanes of at least 4 members (excludes halogenated alkanes) is 1. The Morgan fingerprint density at radius 3 is 2.81 bits per heavy atom. The lowest BCUT2D eigenvalue weighted by molar-refractivity contribution is 0.129. The third kappa shape index (κ3) is 8.28. The largest absolute Gasteiger partial charge is 0.381 e. The molecule has 2 N–H and O–H groups in total. The van der Waals surface area contributed by atoms with Gasteiger partial charge in [0.2, 0.25) is 0 Å². The molecule has 0 bridgehead atoms. The molecule has 0 saturated carbocycles. The third-order valence-electron chi connectivity index (χ3n) is 4.76. The molecule has 154 valence electrons. The van der Waals surface area contributed by atoms with Gasteiger partial charge in [-0.15, -0.1) is 10.2 Å². The van der Waals surface area contributed by atoms with E-state index in [9.17, 15) is 0 Å². The van der Waals surface area contributed by atoms with Gasteiger partial charge >= 0.3 is 0 Å². The van der Waals surface area contributed by atoms with E-state index in [1.54, 1.807) is 0 Å². The third-order valence-corrected chi connectivity index (χ3v) is 4.76. The van der Waals surface area contributed by atoms with Gasteiger partial charge in [-0.3, -0.25) is 4.99 Å². The topological polar surface area (TPSA) is 76.4 Å². The first kappa shape index (κ1) is 21.7. The van der Waals surface area contributed by atoms with E-state index in [4.69, 9.17) is 4.74 Å². The SMILES string of the molecule is CCCCOCCCNC(=NCCCc1nnc2n1CCCCC2)NCC. The van der Waals surface area contributed by atoms with Gasteiger partial charge in [0.25, 0.3) is 0 Å². The Kier molecular flexibility index (Phi) is 10.9. The van der Waals surface area contributed by atoms with E-state index < -0.39 is 0 Å². The van der Waals surface area contributed by atoms with Crippen LogP contribution in [0, 0.1) is 0 Å². The smallest absolute Gasteiger partial charge is 0.191 e. The van der Waals surface area contributed by atoms with E-state index in [2.05, 4.69) is 44.2 Å². The molecule has 2 rings (SSSR count). The Hall–Kier alpha value is -1.63. The van der Waals surface area contributed by atoms with Crippen molar-refractivity contribution >= 4 is 5.96 Å². The van der Waals surface area contributed by atoms with Crippen molar-refractivity contribution in [2.75, 3.05) is 32.8 Å². The average molecular weight is 379 g/mol. The van der Waals surface area contributed by atoms with E-state index in [0.717, 1.165) is 83.3 Å². The van der Waals surface area contributed by atoms with Crippen LogP contribution in [0.25, 0.3) is 0 Å². The van der Waals surface area contributed by atoms with Crippen LogP contribution in [0.5, 0.6) is 0 Å². The van der Waals surface area contributed by atoms with Gasteiger partial charge in [-0.2, -0.15) is 0 Å². The minimum absolute atomic E-state index is 0.796. The molecule has 2 heterocycles. The standard InChI is InChI=1S/C20H38N6O/c1-3-5-16-27-17-10-14-23-20(21-4-2)22-13-9-12-19-25-24-18-11-7-6-8-15-26(18)19/h3-17H2,1-2H3,(H2,21,22,23). The molecule has 0 atom stereocenters. The zero-order chi connectivity index (χ0) is 19.2. The van der Waals surface area contributed by atoms with Crippen LogP contribution in [0.2, 0.25) is 0 Å². The Bertz CT molecular complexity index is 543. The van der Waals surface area contributed by atoms with E-state index in [0.29, 0.717) is 0 Å². The number of ether oxygens (including phenoxy) is 1. The molecule has 1 aromatic rings. The molecule has 0 fully saturated rings. The Morgan fingerprint density at radius 2 is 1.96 bits per heavy atom. The van der Waals surface area contributed by atoms with Gasteiger partial charge in [0.1, 0.15) is 11.6 Å². The molecule has 1 aromatic heterocycles. The minimum atomic E-state index is 0.796. The molecule has 0 amide bonds. The summed E-state index contributed by atoms with van der Waals surface area (Å²) in [6.45, 7) is 9.59. The van der Waals surface area contributed by atoms with Crippen LogP contribution >= 0.6 is 0 Å². The monoisotopic (exact) mass is 378 g/mol. The van der Waals surface area contributed by atoms with Crippen molar-refractivity contribution in [3.05, 3.63) is 11.6 Å². The van der Waals surface area contributed by atoms with Crippen molar-refractivity contribution in [1.82, 2.24) is 25.4 Å². The van der Waals surface area contributed by atoms with Gasteiger partial charge < -0.3 is 19.9 Å². The molecular formula is C20H38N6O. The zero-order valence-electron chi connectivity index (χ0n) is 17.3. The Labute approximate surface area is 164 Å². The summed E-state index contributed by atoms with van der Waals surface area (Å²) >= 11 is 0. The predicted octanol–water partition coefficient (Wildman–Crippen LogP) is 2.70. The highest BCUT2D eigenvalue weighted by atomic mass is 16.5. The highest BCUT2D eigenvalue weighted by Gasteiger charge is 2.13.